The third-order valence-electron chi connectivity index (χ3n) is 4.47. The highest BCUT2D eigenvalue weighted by Crippen LogP contribution is 2.37. The quantitative estimate of drug-likeness (QED) is 0.723. The molecule has 0 aliphatic heterocycles. The second-order valence-electron chi connectivity index (χ2n) is 5.56. The Kier molecular flexibility index (Phi) is 5.04. The first-order valence-corrected chi connectivity index (χ1v) is 8.72. The Morgan fingerprint density at radius 3 is 2.40 bits per heavy atom. The lowest BCUT2D eigenvalue weighted by Gasteiger charge is -2.38. The topological polar surface area (TPSA) is 83.9 Å². The highest BCUT2D eigenvalue weighted by molar-refractivity contribution is 7.89. The standard InChI is InChI=1S/C13H23NO5S/c1-19-13(16)11-6-3-7-12(11)20(17,18)14(8-9-15)10-4-2-5-10/h10-12,15H,2-9H2,1H3. The summed E-state index contributed by atoms with van der Waals surface area (Å²) in [5.41, 5.74) is 0. The van der Waals surface area contributed by atoms with E-state index >= 15 is 0 Å². The van der Waals surface area contributed by atoms with Gasteiger partial charge in [-0.3, -0.25) is 4.79 Å². The molecular formula is C13H23NO5S. The zero-order valence-corrected chi connectivity index (χ0v) is 12.6. The van der Waals surface area contributed by atoms with Gasteiger partial charge in [-0.05, 0) is 25.7 Å². The molecule has 0 aromatic carbocycles. The number of sulfonamides is 1. The van der Waals surface area contributed by atoms with Crippen LogP contribution in [0.25, 0.3) is 0 Å². The van der Waals surface area contributed by atoms with Crippen LogP contribution in [-0.4, -0.2) is 55.4 Å². The van der Waals surface area contributed by atoms with Crippen LogP contribution in [0.15, 0.2) is 0 Å². The fourth-order valence-electron chi connectivity index (χ4n) is 3.17. The molecule has 2 saturated carbocycles. The molecule has 0 amide bonds. The Morgan fingerprint density at radius 2 is 1.90 bits per heavy atom. The minimum atomic E-state index is -3.55. The predicted octanol–water partition coefficient (Wildman–Crippen LogP) is 0.505. The summed E-state index contributed by atoms with van der Waals surface area (Å²) in [6.45, 7) is -0.0667. The SMILES string of the molecule is COC(=O)C1CCCC1S(=O)(=O)N(CCO)C1CCC1. The van der Waals surface area contributed by atoms with Gasteiger partial charge >= 0.3 is 5.97 Å². The van der Waals surface area contributed by atoms with E-state index < -0.39 is 27.2 Å². The van der Waals surface area contributed by atoms with Gasteiger partial charge in [-0.15, -0.1) is 0 Å². The lowest BCUT2D eigenvalue weighted by atomic mass is 9.93. The van der Waals surface area contributed by atoms with Crippen LogP contribution in [0.1, 0.15) is 38.5 Å². The van der Waals surface area contributed by atoms with Crippen molar-refractivity contribution in [1.82, 2.24) is 4.31 Å². The molecule has 0 radical (unpaired) electrons. The van der Waals surface area contributed by atoms with Gasteiger partial charge in [-0.25, -0.2) is 8.42 Å². The molecule has 0 bridgehead atoms. The summed E-state index contributed by atoms with van der Waals surface area (Å²) in [7, 11) is -2.26. The number of ether oxygens (including phenoxy) is 1. The minimum absolute atomic E-state index is 0.00829. The van der Waals surface area contributed by atoms with Crippen molar-refractivity contribution in [1.29, 1.82) is 0 Å². The first kappa shape index (κ1) is 15.7. The lowest BCUT2D eigenvalue weighted by molar-refractivity contribution is -0.145. The summed E-state index contributed by atoms with van der Waals surface area (Å²) in [5.74, 6) is -1.00. The summed E-state index contributed by atoms with van der Waals surface area (Å²) in [4.78, 5) is 11.8. The number of hydrogen-bond acceptors (Lipinski definition) is 5. The van der Waals surface area contributed by atoms with E-state index in [9.17, 15) is 13.2 Å². The smallest absolute Gasteiger partial charge is 0.310 e. The molecule has 2 fully saturated rings. The number of aliphatic hydroxyl groups is 1. The van der Waals surface area contributed by atoms with Crippen LogP contribution in [0.2, 0.25) is 0 Å². The van der Waals surface area contributed by atoms with Gasteiger partial charge < -0.3 is 9.84 Å². The van der Waals surface area contributed by atoms with Gasteiger partial charge in [-0.2, -0.15) is 4.31 Å². The number of methoxy groups -OCH3 is 1. The molecular weight excluding hydrogens is 282 g/mol. The second kappa shape index (κ2) is 6.41. The second-order valence-corrected chi connectivity index (χ2v) is 7.67. The largest absolute Gasteiger partial charge is 0.469 e. The zero-order chi connectivity index (χ0) is 14.8. The average molecular weight is 305 g/mol. The summed E-state index contributed by atoms with van der Waals surface area (Å²) in [6, 6.07) is -0.00829. The maximum Gasteiger partial charge on any atom is 0.310 e. The molecule has 7 heteroatoms. The summed E-state index contributed by atoms with van der Waals surface area (Å²) < 4.78 is 31.7. The maximum atomic E-state index is 12.8. The van der Waals surface area contributed by atoms with Crippen molar-refractivity contribution in [2.24, 2.45) is 5.92 Å². The van der Waals surface area contributed by atoms with Crippen LogP contribution in [0.5, 0.6) is 0 Å². The highest BCUT2D eigenvalue weighted by Gasteiger charge is 2.46. The molecule has 0 heterocycles. The normalized spacial score (nSPS) is 27.6. The molecule has 0 aromatic rings. The highest BCUT2D eigenvalue weighted by atomic mass is 32.2. The van der Waals surface area contributed by atoms with E-state index in [1.807, 2.05) is 0 Å². The molecule has 116 valence electrons. The van der Waals surface area contributed by atoms with Gasteiger partial charge in [0.2, 0.25) is 10.0 Å². The fourth-order valence-corrected chi connectivity index (χ4v) is 5.61. The number of nitrogens with zero attached hydrogens (tertiary/aromatic N) is 1. The monoisotopic (exact) mass is 305 g/mol. The number of hydrogen-bond donors (Lipinski definition) is 1. The molecule has 2 aliphatic rings. The van der Waals surface area contributed by atoms with Crippen molar-refractivity contribution in [3.63, 3.8) is 0 Å². The van der Waals surface area contributed by atoms with E-state index in [4.69, 9.17) is 9.84 Å². The van der Waals surface area contributed by atoms with Crippen molar-refractivity contribution in [2.45, 2.75) is 49.8 Å². The zero-order valence-electron chi connectivity index (χ0n) is 11.8. The molecule has 20 heavy (non-hydrogen) atoms. The van der Waals surface area contributed by atoms with E-state index in [1.54, 1.807) is 0 Å². The van der Waals surface area contributed by atoms with Crippen LogP contribution in [0.3, 0.4) is 0 Å². The Hall–Kier alpha value is -0.660. The molecule has 0 aromatic heterocycles. The molecule has 2 aliphatic carbocycles. The Balaban J connectivity index is 2.20. The van der Waals surface area contributed by atoms with E-state index in [0.717, 1.165) is 25.7 Å². The number of carbonyl (C=O) groups is 1. The van der Waals surface area contributed by atoms with Crippen LogP contribution in [0, 0.1) is 5.92 Å². The van der Waals surface area contributed by atoms with Gasteiger partial charge in [-0.1, -0.05) is 12.8 Å². The molecule has 2 unspecified atom stereocenters. The van der Waals surface area contributed by atoms with Gasteiger partial charge in [0.25, 0.3) is 0 Å². The van der Waals surface area contributed by atoms with E-state index in [2.05, 4.69) is 0 Å². The average Bonchev–Trinajstić information content (AvgIpc) is 2.85. The molecule has 1 N–H and O–H groups in total. The Morgan fingerprint density at radius 1 is 1.25 bits per heavy atom. The van der Waals surface area contributed by atoms with Crippen LogP contribution in [-0.2, 0) is 19.6 Å². The van der Waals surface area contributed by atoms with Crippen molar-refractivity contribution in [2.75, 3.05) is 20.3 Å². The van der Waals surface area contributed by atoms with Crippen molar-refractivity contribution in [3.8, 4) is 0 Å². The van der Waals surface area contributed by atoms with Gasteiger partial charge in [0.15, 0.2) is 0 Å². The minimum Gasteiger partial charge on any atom is -0.469 e. The lowest BCUT2D eigenvalue weighted by Crippen LogP contribution is -2.50. The number of esters is 1. The molecule has 6 nitrogen and oxygen atoms in total. The van der Waals surface area contributed by atoms with Crippen LogP contribution < -0.4 is 0 Å². The summed E-state index contributed by atoms with van der Waals surface area (Å²) in [5, 5.41) is 8.44. The van der Waals surface area contributed by atoms with E-state index in [1.165, 1.54) is 11.4 Å². The third-order valence-corrected chi connectivity index (χ3v) is 6.93. The molecule has 0 saturated heterocycles. The van der Waals surface area contributed by atoms with E-state index in [0.29, 0.717) is 12.8 Å². The number of carbonyl (C=O) groups excluding carboxylic acids is 1. The van der Waals surface area contributed by atoms with E-state index in [-0.39, 0.29) is 19.2 Å². The fraction of sp³-hybridized carbons (Fsp3) is 0.923. The first-order chi connectivity index (χ1) is 9.52. The molecule has 0 spiro atoms. The first-order valence-electron chi connectivity index (χ1n) is 7.21. The van der Waals surface area contributed by atoms with Gasteiger partial charge in [0.1, 0.15) is 0 Å². The Labute approximate surface area is 120 Å². The van der Waals surface area contributed by atoms with Crippen molar-refractivity contribution >= 4 is 16.0 Å². The number of rotatable bonds is 6. The Bertz CT molecular complexity index is 446. The van der Waals surface area contributed by atoms with Crippen LogP contribution >= 0.6 is 0 Å². The molecule has 2 atom stereocenters. The maximum absolute atomic E-state index is 12.8. The van der Waals surface area contributed by atoms with Crippen molar-refractivity contribution in [3.05, 3.63) is 0 Å². The third kappa shape index (κ3) is 2.84. The van der Waals surface area contributed by atoms with Gasteiger partial charge in [0.05, 0.1) is 24.9 Å². The summed E-state index contributed by atoms with van der Waals surface area (Å²) >= 11 is 0. The van der Waals surface area contributed by atoms with Crippen LogP contribution in [0.4, 0.5) is 0 Å². The van der Waals surface area contributed by atoms with Gasteiger partial charge in [0, 0.05) is 12.6 Å². The molecule has 2 rings (SSSR count). The number of aliphatic hydroxyl groups excluding tert-OH is 1. The predicted molar refractivity (Wildman–Crippen MR) is 73.5 cm³/mol. The summed E-state index contributed by atoms with van der Waals surface area (Å²) in [6.07, 6.45) is 4.49. The van der Waals surface area contributed by atoms with Crippen molar-refractivity contribution < 1.29 is 23.1 Å².